The van der Waals surface area contributed by atoms with Gasteiger partial charge in [0.2, 0.25) is 0 Å². The topological polar surface area (TPSA) is 85.8 Å². The van der Waals surface area contributed by atoms with E-state index in [2.05, 4.69) is 20.6 Å². The van der Waals surface area contributed by atoms with Gasteiger partial charge in [-0.1, -0.05) is 5.16 Å². The number of amides is 1. The first-order valence-electron chi connectivity index (χ1n) is 7.48. The Kier molecular flexibility index (Phi) is 3.85. The maximum Gasteiger partial charge on any atom is 0.258 e. The zero-order chi connectivity index (χ0) is 16.6. The highest BCUT2D eigenvalue weighted by Crippen LogP contribution is 2.21. The number of carbonyl (C=O) groups is 1. The molecule has 0 aliphatic heterocycles. The Morgan fingerprint density at radius 2 is 2.13 bits per heavy atom. The SMILES string of the molecule is Cc1cc(C(=O)NC(C)Cn2ccc(C)n2)c2c(C)noc2n1. The minimum absolute atomic E-state index is 0.0644. The van der Waals surface area contributed by atoms with Gasteiger partial charge in [-0.05, 0) is 39.8 Å². The number of hydrogen-bond donors (Lipinski definition) is 1. The van der Waals surface area contributed by atoms with Crippen LogP contribution in [0.1, 0.15) is 34.4 Å². The predicted octanol–water partition coefficient (Wildman–Crippen LogP) is 2.16. The predicted molar refractivity (Wildman–Crippen MR) is 85.2 cm³/mol. The van der Waals surface area contributed by atoms with Crippen LogP contribution in [0.25, 0.3) is 11.1 Å². The molecular formula is C16H19N5O2. The fraction of sp³-hybridized carbons (Fsp3) is 0.375. The quantitative estimate of drug-likeness (QED) is 0.797. The summed E-state index contributed by atoms with van der Waals surface area (Å²) in [5, 5.41) is 11.9. The molecule has 7 nitrogen and oxygen atoms in total. The Hall–Kier alpha value is -2.70. The lowest BCUT2D eigenvalue weighted by atomic mass is 10.1. The molecule has 1 N–H and O–H groups in total. The molecule has 7 heteroatoms. The standard InChI is InChI=1S/C16H19N5O2/c1-9-5-6-21(19-9)8-11(3)17-15(22)13-7-10(2)18-16-14(13)12(4)20-23-16/h5-7,11H,8H2,1-4H3,(H,17,22). The first-order valence-corrected chi connectivity index (χ1v) is 7.48. The van der Waals surface area contributed by atoms with Gasteiger partial charge in [0.05, 0.1) is 28.9 Å². The molecule has 3 heterocycles. The number of fused-ring (bicyclic) bond motifs is 1. The van der Waals surface area contributed by atoms with Gasteiger partial charge in [-0.15, -0.1) is 0 Å². The lowest BCUT2D eigenvalue weighted by Crippen LogP contribution is -2.36. The molecule has 120 valence electrons. The number of aryl methyl sites for hydroxylation is 3. The molecule has 0 saturated carbocycles. The zero-order valence-electron chi connectivity index (χ0n) is 13.6. The van der Waals surface area contributed by atoms with Crippen LogP contribution in [0.4, 0.5) is 0 Å². The fourth-order valence-corrected chi connectivity index (χ4v) is 2.59. The molecular weight excluding hydrogens is 294 g/mol. The monoisotopic (exact) mass is 313 g/mol. The molecule has 0 aliphatic rings. The number of rotatable bonds is 4. The van der Waals surface area contributed by atoms with Crippen LogP contribution in [0.3, 0.4) is 0 Å². The van der Waals surface area contributed by atoms with E-state index >= 15 is 0 Å². The Bertz CT molecular complexity index is 865. The Morgan fingerprint density at radius 3 is 2.83 bits per heavy atom. The third-order valence-electron chi connectivity index (χ3n) is 3.60. The summed E-state index contributed by atoms with van der Waals surface area (Å²) in [7, 11) is 0. The van der Waals surface area contributed by atoms with Crippen molar-refractivity contribution in [2.75, 3.05) is 0 Å². The lowest BCUT2D eigenvalue weighted by Gasteiger charge is -2.14. The molecule has 1 atom stereocenters. The molecule has 3 aromatic heterocycles. The third kappa shape index (κ3) is 3.08. The van der Waals surface area contributed by atoms with Crippen molar-refractivity contribution in [3.63, 3.8) is 0 Å². The van der Waals surface area contributed by atoms with Gasteiger partial charge < -0.3 is 9.84 Å². The van der Waals surface area contributed by atoms with Gasteiger partial charge in [-0.3, -0.25) is 9.48 Å². The number of hydrogen-bond acceptors (Lipinski definition) is 5. The van der Waals surface area contributed by atoms with Crippen LogP contribution in [0, 0.1) is 20.8 Å². The van der Waals surface area contributed by atoms with Crippen LogP contribution in [0.15, 0.2) is 22.9 Å². The second-order valence-electron chi connectivity index (χ2n) is 5.81. The van der Waals surface area contributed by atoms with E-state index in [0.29, 0.717) is 34.6 Å². The molecule has 0 spiro atoms. The van der Waals surface area contributed by atoms with Crippen molar-refractivity contribution in [3.05, 3.63) is 41.0 Å². The van der Waals surface area contributed by atoms with Crippen LogP contribution in [0.2, 0.25) is 0 Å². The summed E-state index contributed by atoms with van der Waals surface area (Å²) in [4.78, 5) is 16.9. The van der Waals surface area contributed by atoms with Gasteiger partial charge in [-0.25, -0.2) is 4.98 Å². The molecule has 0 aliphatic carbocycles. The van der Waals surface area contributed by atoms with E-state index in [1.54, 1.807) is 13.0 Å². The van der Waals surface area contributed by atoms with Gasteiger partial charge in [0.15, 0.2) is 0 Å². The molecule has 0 saturated heterocycles. The minimum atomic E-state index is -0.164. The molecule has 3 rings (SSSR count). The summed E-state index contributed by atoms with van der Waals surface area (Å²) in [5.74, 6) is -0.164. The average Bonchev–Trinajstić information content (AvgIpc) is 3.04. The van der Waals surface area contributed by atoms with Crippen molar-refractivity contribution in [2.24, 2.45) is 0 Å². The highest BCUT2D eigenvalue weighted by atomic mass is 16.5. The van der Waals surface area contributed by atoms with E-state index in [1.807, 2.05) is 37.7 Å². The molecule has 1 amide bonds. The number of nitrogens with zero attached hydrogens (tertiary/aromatic N) is 4. The van der Waals surface area contributed by atoms with Crippen LogP contribution in [-0.2, 0) is 6.54 Å². The average molecular weight is 313 g/mol. The fourth-order valence-electron chi connectivity index (χ4n) is 2.59. The van der Waals surface area contributed by atoms with E-state index in [0.717, 1.165) is 5.69 Å². The first kappa shape index (κ1) is 15.2. The summed E-state index contributed by atoms with van der Waals surface area (Å²) in [6.07, 6.45) is 1.90. The molecule has 0 bridgehead atoms. The normalized spacial score (nSPS) is 12.5. The van der Waals surface area contributed by atoms with Crippen LogP contribution < -0.4 is 5.32 Å². The molecule has 3 aromatic rings. The maximum atomic E-state index is 12.6. The summed E-state index contributed by atoms with van der Waals surface area (Å²) >= 11 is 0. The minimum Gasteiger partial charge on any atom is -0.348 e. The van der Waals surface area contributed by atoms with Crippen molar-refractivity contribution < 1.29 is 9.32 Å². The molecule has 1 unspecified atom stereocenters. The van der Waals surface area contributed by atoms with Crippen molar-refractivity contribution >= 4 is 17.0 Å². The van der Waals surface area contributed by atoms with Crippen LogP contribution in [-0.4, -0.2) is 31.9 Å². The molecule has 23 heavy (non-hydrogen) atoms. The second kappa shape index (κ2) is 5.83. The van der Waals surface area contributed by atoms with Gasteiger partial charge in [0.1, 0.15) is 0 Å². The highest BCUT2D eigenvalue weighted by molar-refractivity contribution is 6.06. The van der Waals surface area contributed by atoms with Gasteiger partial charge >= 0.3 is 0 Å². The Morgan fingerprint density at radius 1 is 1.35 bits per heavy atom. The second-order valence-corrected chi connectivity index (χ2v) is 5.81. The summed E-state index contributed by atoms with van der Waals surface area (Å²) < 4.78 is 6.99. The van der Waals surface area contributed by atoms with Gasteiger partial charge in [0, 0.05) is 17.9 Å². The Balaban J connectivity index is 1.81. The number of carbonyl (C=O) groups excluding carboxylic acids is 1. The van der Waals surface area contributed by atoms with Crippen molar-refractivity contribution in [2.45, 2.75) is 40.3 Å². The van der Waals surface area contributed by atoms with Gasteiger partial charge in [0.25, 0.3) is 11.6 Å². The molecule has 0 fully saturated rings. The smallest absolute Gasteiger partial charge is 0.258 e. The first-order chi connectivity index (χ1) is 10.9. The van der Waals surface area contributed by atoms with Gasteiger partial charge in [-0.2, -0.15) is 5.10 Å². The van der Waals surface area contributed by atoms with E-state index in [1.165, 1.54) is 0 Å². The zero-order valence-corrected chi connectivity index (χ0v) is 13.6. The highest BCUT2D eigenvalue weighted by Gasteiger charge is 2.19. The Labute approximate surface area is 133 Å². The van der Waals surface area contributed by atoms with E-state index < -0.39 is 0 Å². The van der Waals surface area contributed by atoms with Crippen LogP contribution in [0.5, 0.6) is 0 Å². The van der Waals surface area contributed by atoms with Crippen molar-refractivity contribution in [3.8, 4) is 0 Å². The van der Waals surface area contributed by atoms with Crippen molar-refractivity contribution in [1.82, 2.24) is 25.2 Å². The number of nitrogens with one attached hydrogen (secondary N) is 1. The summed E-state index contributed by atoms with van der Waals surface area (Å²) in [6, 6.07) is 3.63. The molecule has 0 aromatic carbocycles. The summed E-state index contributed by atoms with van der Waals surface area (Å²) in [6.45, 7) is 8.11. The van der Waals surface area contributed by atoms with Crippen LogP contribution >= 0.6 is 0 Å². The summed E-state index contributed by atoms with van der Waals surface area (Å²) in [5.41, 5.74) is 3.26. The van der Waals surface area contributed by atoms with E-state index in [4.69, 9.17) is 4.52 Å². The van der Waals surface area contributed by atoms with E-state index in [9.17, 15) is 4.79 Å². The molecule has 0 radical (unpaired) electrons. The number of pyridine rings is 1. The largest absolute Gasteiger partial charge is 0.348 e. The lowest BCUT2D eigenvalue weighted by molar-refractivity contribution is 0.0937. The number of aromatic nitrogens is 4. The van der Waals surface area contributed by atoms with Crippen molar-refractivity contribution in [1.29, 1.82) is 0 Å². The van der Waals surface area contributed by atoms with E-state index in [-0.39, 0.29) is 11.9 Å². The third-order valence-corrected chi connectivity index (χ3v) is 3.60. The maximum absolute atomic E-state index is 12.6.